The standard InChI is InChI=1S/C19H18ClN5OS/c1-13-17(18(20)25(24-13)15-8-4-3-5-9-15)12-21-23-19(27)22-14-7-6-10-16(11-14)26-2/h3-12H,1-2H3,(H2,22,23,27)/b21-12-. The summed E-state index contributed by atoms with van der Waals surface area (Å²) in [6.45, 7) is 1.87. The first kappa shape index (κ1) is 18.9. The third-order valence-corrected chi connectivity index (χ3v) is 4.29. The zero-order chi connectivity index (χ0) is 19.2. The monoisotopic (exact) mass is 399 g/mol. The summed E-state index contributed by atoms with van der Waals surface area (Å²) in [7, 11) is 1.61. The summed E-state index contributed by atoms with van der Waals surface area (Å²) in [5.74, 6) is 0.738. The molecule has 0 aliphatic carbocycles. The van der Waals surface area contributed by atoms with Crippen molar-refractivity contribution in [1.29, 1.82) is 0 Å². The molecule has 3 rings (SSSR count). The summed E-state index contributed by atoms with van der Waals surface area (Å²) in [6.07, 6.45) is 1.60. The fraction of sp³-hybridized carbons (Fsp3) is 0.105. The van der Waals surface area contributed by atoms with Crippen molar-refractivity contribution in [3.63, 3.8) is 0 Å². The van der Waals surface area contributed by atoms with Crippen molar-refractivity contribution >= 4 is 40.8 Å². The number of aryl methyl sites for hydroxylation is 1. The molecule has 0 saturated heterocycles. The van der Waals surface area contributed by atoms with Crippen molar-refractivity contribution in [3.05, 3.63) is 71.0 Å². The van der Waals surface area contributed by atoms with E-state index in [1.165, 1.54) is 0 Å². The maximum absolute atomic E-state index is 6.46. The second-order valence-electron chi connectivity index (χ2n) is 5.59. The van der Waals surface area contributed by atoms with Gasteiger partial charge in [-0.2, -0.15) is 10.2 Å². The fourth-order valence-electron chi connectivity index (χ4n) is 2.41. The van der Waals surface area contributed by atoms with Crippen LogP contribution in [0.5, 0.6) is 5.75 Å². The number of halogens is 1. The van der Waals surface area contributed by atoms with Gasteiger partial charge in [0, 0.05) is 11.8 Å². The Morgan fingerprint density at radius 1 is 1.22 bits per heavy atom. The van der Waals surface area contributed by atoms with Gasteiger partial charge in [-0.15, -0.1) is 0 Å². The van der Waals surface area contributed by atoms with Gasteiger partial charge < -0.3 is 10.1 Å². The average molecular weight is 400 g/mol. The SMILES string of the molecule is COc1cccc(NC(=S)N/N=C\c2c(C)nn(-c3ccccc3)c2Cl)c1. The highest BCUT2D eigenvalue weighted by molar-refractivity contribution is 7.80. The summed E-state index contributed by atoms with van der Waals surface area (Å²) < 4.78 is 6.85. The van der Waals surface area contributed by atoms with Gasteiger partial charge in [0.05, 0.1) is 30.3 Å². The maximum Gasteiger partial charge on any atom is 0.191 e. The van der Waals surface area contributed by atoms with Crippen molar-refractivity contribution < 1.29 is 4.74 Å². The lowest BCUT2D eigenvalue weighted by Gasteiger charge is -2.08. The fourth-order valence-corrected chi connectivity index (χ4v) is 2.90. The second-order valence-corrected chi connectivity index (χ2v) is 6.36. The number of anilines is 1. The predicted molar refractivity (Wildman–Crippen MR) is 113 cm³/mol. The Morgan fingerprint density at radius 2 is 2.00 bits per heavy atom. The van der Waals surface area contributed by atoms with Crippen LogP contribution in [0.2, 0.25) is 5.15 Å². The summed E-state index contributed by atoms with van der Waals surface area (Å²) >= 11 is 11.7. The van der Waals surface area contributed by atoms with E-state index in [4.69, 9.17) is 28.6 Å². The van der Waals surface area contributed by atoms with E-state index in [-0.39, 0.29) is 0 Å². The first-order valence-corrected chi connectivity index (χ1v) is 8.92. The molecule has 1 aromatic heterocycles. The molecule has 0 fully saturated rings. The molecule has 0 aliphatic heterocycles. The number of para-hydroxylation sites is 1. The molecular formula is C19H18ClN5OS. The van der Waals surface area contributed by atoms with E-state index in [0.29, 0.717) is 10.3 Å². The minimum absolute atomic E-state index is 0.351. The van der Waals surface area contributed by atoms with Crippen LogP contribution in [-0.2, 0) is 0 Å². The normalized spacial score (nSPS) is 10.8. The van der Waals surface area contributed by atoms with Gasteiger partial charge in [0.2, 0.25) is 0 Å². The van der Waals surface area contributed by atoms with E-state index >= 15 is 0 Å². The number of hydrogen-bond donors (Lipinski definition) is 2. The molecule has 2 aromatic carbocycles. The lowest BCUT2D eigenvalue weighted by molar-refractivity contribution is 0.415. The molecule has 8 heteroatoms. The summed E-state index contributed by atoms with van der Waals surface area (Å²) in [4.78, 5) is 0. The Morgan fingerprint density at radius 3 is 2.74 bits per heavy atom. The van der Waals surface area contributed by atoms with E-state index in [0.717, 1.165) is 28.4 Å². The number of methoxy groups -OCH3 is 1. The highest BCUT2D eigenvalue weighted by Gasteiger charge is 2.12. The Hall–Kier alpha value is -2.90. The Labute approximate surface area is 167 Å². The molecule has 138 valence electrons. The zero-order valence-corrected chi connectivity index (χ0v) is 16.4. The molecule has 3 aromatic rings. The van der Waals surface area contributed by atoms with Gasteiger partial charge in [-0.1, -0.05) is 35.9 Å². The van der Waals surface area contributed by atoms with Crippen LogP contribution in [0.15, 0.2) is 59.7 Å². The molecule has 0 radical (unpaired) electrons. The second kappa shape index (κ2) is 8.66. The number of hydrazone groups is 1. The van der Waals surface area contributed by atoms with Crippen molar-refractivity contribution in [1.82, 2.24) is 15.2 Å². The number of ether oxygens (including phenoxy) is 1. The largest absolute Gasteiger partial charge is 0.497 e. The van der Waals surface area contributed by atoms with Crippen LogP contribution < -0.4 is 15.5 Å². The molecule has 0 atom stereocenters. The van der Waals surface area contributed by atoms with Crippen LogP contribution in [-0.4, -0.2) is 28.2 Å². The molecule has 0 unspecified atom stereocenters. The van der Waals surface area contributed by atoms with E-state index in [1.54, 1.807) is 18.0 Å². The van der Waals surface area contributed by atoms with Crippen LogP contribution in [0.1, 0.15) is 11.3 Å². The number of hydrogen-bond acceptors (Lipinski definition) is 4. The van der Waals surface area contributed by atoms with Crippen molar-refractivity contribution in [3.8, 4) is 11.4 Å². The van der Waals surface area contributed by atoms with E-state index in [9.17, 15) is 0 Å². The first-order chi connectivity index (χ1) is 13.1. The van der Waals surface area contributed by atoms with E-state index in [1.807, 2.05) is 61.5 Å². The molecule has 0 aliphatic rings. The first-order valence-electron chi connectivity index (χ1n) is 8.13. The van der Waals surface area contributed by atoms with Crippen LogP contribution in [0.25, 0.3) is 5.69 Å². The van der Waals surface area contributed by atoms with Gasteiger partial charge in [0.25, 0.3) is 0 Å². The Balaban J connectivity index is 1.67. The van der Waals surface area contributed by atoms with E-state index in [2.05, 4.69) is 20.9 Å². The topological polar surface area (TPSA) is 63.5 Å². The molecule has 0 spiro atoms. The Bertz CT molecular complexity index is 971. The van der Waals surface area contributed by atoms with Crippen LogP contribution >= 0.6 is 23.8 Å². The highest BCUT2D eigenvalue weighted by atomic mass is 35.5. The maximum atomic E-state index is 6.46. The molecule has 0 saturated carbocycles. The van der Waals surface area contributed by atoms with Crippen molar-refractivity contribution in [2.75, 3.05) is 12.4 Å². The molecule has 27 heavy (non-hydrogen) atoms. The van der Waals surface area contributed by atoms with Crippen molar-refractivity contribution in [2.45, 2.75) is 6.92 Å². The smallest absolute Gasteiger partial charge is 0.191 e. The van der Waals surface area contributed by atoms with Gasteiger partial charge >= 0.3 is 0 Å². The average Bonchev–Trinajstić information content (AvgIpc) is 2.97. The minimum Gasteiger partial charge on any atom is -0.497 e. The molecule has 2 N–H and O–H groups in total. The quantitative estimate of drug-likeness (QED) is 0.383. The molecular weight excluding hydrogens is 382 g/mol. The number of nitrogens with one attached hydrogen (secondary N) is 2. The number of aromatic nitrogens is 2. The van der Waals surface area contributed by atoms with Crippen LogP contribution in [0.3, 0.4) is 0 Å². The minimum atomic E-state index is 0.351. The molecule has 1 heterocycles. The zero-order valence-electron chi connectivity index (χ0n) is 14.8. The summed E-state index contributed by atoms with van der Waals surface area (Å²) in [5, 5.41) is 12.5. The van der Waals surface area contributed by atoms with Crippen LogP contribution in [0.4, 0.5) is 5.69 Å². The van der Waals surface area contributed by atoms with E-state index < -0.39 is 0 Å². The van der Waals surface area contributed by atoms with Gasteiger partial charge in [0.15, 0.2) is 5.11 Å². The lowest BCUT2D eigenvalue weighted by atomic mass is 10.3. The van der Waals surface area contributed by atoms with Gasteiger partial charge in [-0.25, -0.2) is 4.68 Å². The lowest BCUT2D eigenvalue weighted by Crippen LogP contribution is -2.23. The Kier molecular flexibility index (Phi) is 6.05. The number of benzene rings is 2. The number of rotatable bonds is 5. The predicted octanol–water partition coefficient (Wildman–Crippen LogP) is 4.16. The number of thiocarbonyl (C=S) groups is 1. The summed E-state index contributed by atoms with van der Waals surface area (Å²) in [5.41, 5.74) is 5.94. The van der Waals surface area contributed by atoms with Crippen molar-refractivity contribution in [2.24, 2.45) is 5.10 Å². The molecule has 0 bridgehead atoms. The molecule has 0 amide bonds. The molecule has 6 nitrogen and oxygen atoms in total. The van der Waals surface area contributed by atoms with Gasteiger partial charge in [-0.05, 0) is 43.4 Å². The third kappa shape index (κ3) is 4.64. The van der Waals surface area contributed by atoms with Crippen LogP contribution in [0, 0.1) is 6.92 Å². The highest BCUT2D eigenvalue weighted by Crippen LogP contribution is 2.22. The van der Waals surface area contributed by atoms with Gasteiger partial charge in [0.1, 0.15) is 10.9 Å². The van der Waals surface area contributed by atoms with Gasteiger partial charge in [-0.3, -0.25) is 5.43 Å². The third-order valence-electron chi connectivity index (χ3n) is 3.74. The number of nitrogens with zero attached hydrogens (tertiary/aromatic N) is 3. The summed E-state index contributed by atoms with van der Waals surface area (Å²) in [6, 6.07) is 17.1.